The van der Waals surface area contributed by atoms with Gasteiger partial charge in [0.25, 0.3) is 10.0 Å². The second-order valence-electron chi connectivity index (χ2n) is 7.64. The Hall–Kier alpha value is -2.35. The Kier molecular flexibility index (Phi) is 3.79. The molecule has 0 radical (unpaired) electrons. The third-order valence-corrected chi connectivity index (χ3v) is 7.19. The van der Waals surface area contributed by atoms with E-state index in [2.05, 4.69) is 14.4 Å². The molecule has 0 amide bonds. The van der Waals surface area contributed by atoms with E-state index in [0.29, 0.717) is 19.2 Å². The van der Waals surface area contributed by atoms with Gasteiger partial charge in [-0.1, -0.05) is 0 Å². The number of aromatic nitrogens is 2. The van der Waals surface area contributed by atoms with Crippen LogP contribution in [0, 0.1) is 5.41 Å². The summed E-state index contributed by atoms with van der Waals surface area (Å²) in [6.07, 6.45) is 7.68. The predicted octanol–water partition coefficient (Wildman–Crippen LogP) is 2.24. The van der Waals surface area contributed by atoms with E-state index in [1.165, 1.54) is 0 Å². The highest BCUT2D eigenvalue weighted by atomic mass is 32.2. The molecule has 2 saturated heterocycles. The molecule has 1 aliphatic carbocycles. The first-order valence-corrected chi connectivity index (χ1v) is 11.0. The van der Waals surface area contributed by atoms with Gasteiger partial charge in [0, 0.05) is 25.0 Å². The van der Waals surface area contributed by atoms with Gasteiger partial charge in [-0.25, -0.2) is 13.1 Å². The molecule has 0 N–H and O–H groups in total. The van der Waals surface area contributed by atoms with Crippen molar-refractivity contribution in [3.05, 3.63) is 42.7 Å². The monoisotopic (exact) mass is 386 g/mol. The summed E-state index contributed by atoms with van der Waals surface area (Å²) >= 11 is 0. The first-order valence-electron chi connectivity index (χ1n) is 9.37. The van der Waals surface area contributed by atoms with Gasteiger partial charge in [-0.3, -0.25) is 0 Å². The molecule has 3 fully saturated rings. The molecule has 4 aliphatic rings. The normalized spacial score (nSPS) is 28.5. The standard InChI is InChI=1S/C19H22N4O3S/c24-27(25)13-12-22-15-6-8-19(9-7-15,18(22)21-27)14-26-17-4-2-16(3-5-17)23-11-1-10-20-23/h1-5,10-11,15H,6-9,12-14H2. The first kappa shape index (κ1) is 16.8. The van der Waals surface area contributed by atoms with E-state index >= 15 is 0 Å². The van der Waals surface area contributed by atoms with E-state index < -0.39 is 10.0 Å². The average Bonchev–Trinajstić information content (AvgIpc) is 3.22. The van der Waals surface area contributed by atoms with Crippen molar-refractivity contribution in [2.24, 2.45) is 9.81 Å². The minimum atomic E-state index is -3.35. The van der Waals surface area contributed by atoms with E-state index in [9.17, 15) is 8.42 Å². The summed E-state index contributed by atoms with van der Waals surface area (Å²) < 4.78 is 36.3. The van der Waals surface area contributed by atoms with Crippen molar-refractivity contribution in [3.8, 4) is 11.4 Å². The quantitative estimate of drug-likeness (QED) is 0.805. The van der Waals surface area contributed by atoms with Crippen LogP contribution in [-0.2, 0) is 10.0 Å². The molecule has 8 heteroatoms. The van der Waals surface area contributed by atoms with Crippen molar-refractivity contribution in [3.63, 3.8) is 0 Å². The van der Waals surface area contributed by atoms with Crippen LogP contribution in [0.2, 0.25) is 0 Å². The molecule has 0 atom stereocenters. The lowest BCUT2D eigenvalue weighted by Crippen LogP contribution is -2.62. The highest BCUT2D eigenvalue weighted by Crippen LogP contribution is 2.47. The number of piperidine rings is 2. The highest BCUT2D eigenvalue weighted by molar-refractivity contribution is 7.90. The fourth-order valence-electron chi connectivity index (χ4n) is 4.54. The molecule has 142 valence electrons. The van der Waals surface area contributed by atoms with Crippen molar-refractivity contribution in [1.29, 1.82) is 0 Å². The van der Waals surface area contributed by atoms with Crippen LogP contribution >= 0.6 is 0 Å². The molecule has 4 heterocycles. The van der Waals surface area contributed by atoms with Gasteiger partial charge in [0.1, 0.15) is 18.2 Å². The number of hydrogen-bond acceptors (Lipinski definition) is 5. The summed E-state index contributed by atoms with van der Waals surface area (Å²) in [6, 6.07) is 10.1. The molecule has 1 aromatic carbocycles. The molecule has 7 nitrogen and oxygen atoms in total. The minimum Gasteiger partial charge on any atom is -0.493 e. The third kappa shape index (κ3) is 2.92. The van der Waals surface area contributed by atoms with Crippen LogP contribution in [0.1, 0.15) is 25.7 Å². The number of benzene rings is 1. The number of rotatable bonds is 4. The molecule has 2 bridgehead atoms. The lowest BCUT2D eigenvalue weighted by Gasteiger charge is -2.54. The summed E-state index contributed by atoms with van der Waals surface area (Å²) in [4.78, 5) is 2.22. The van der Waals surface area contributed by atoms with Gasteiger partial charge in [0.05, 0.1) is 16.9 Å². The van der Waals surface area contributed by atoms with Crippen molar-refractivity contribution in [2.75, 3.05) is 18.9 Å². The molecular weight excluding hydrogens is 364 g/mol. The SMILES string of the molecule is O=S1(=O)CCN2C(=N1)C1(COc3ccc(-n4cccn4)cc3)CCC2CC1. The smallest absolute Gasteiger partial charge is 0.256 e. The molecule has 1 saturated carbocycles. The van der Waals surface area contributed by atoms with E-state index in [1.807, 2.05) is 36.5 Å². The molecule has 27 heavy (non-hydrogen) atoms. The Labute approximate surface area is 158 Å². The van der Waals surface area contributed by atoms with Crippen LogP contribution in [-0.4, -0.2) is 53.9 Å². The fraction of sp³-hybridized carbons (Fsp3) is 0.474. The molecular formula is C19H22N4O3S. The lowest BCUT2D eigenvalue weighted by atomic mass is 9.67. The van der Waals surface area contributed by atoms with Crippen molar-refractivity contribution in [1.82, 2.24) is 14.7 Å². The Morgan fingerprint density at radius 3 is 2.67 bits per heavy atom. The summed E-state index contributed by atoms with van der Waals surface area (Å²) in [7, 11) is -3.35. The third-order valence-electron chi connectivity index (χ3n) is 6.04. The minimum absolute atomic E-state index is 0.124. The van der Waals surface area contributed by atoms with Gasteiger partial charge in [-0.2, -0.15) is 5.10 Å². The van der Waals surface area contributed by atoms with Gasteiger partial charge in [0.2, 0.25) is 0 Å². The maximum atomic E-state index is 12.1. The van der Waals surface area contributed by atoms with Gasteiger partial charge >= 0.3 is 0 Å². The Bertz CT molecular complexity index is 959. The number of amidine groups is 1. The number of fused-ring (bicyclic) bond motifs is 2. The van der Waals surface area contributed by atoms with E-state index in [4.69, 9.17) is 4.74 Å². The molecule has 2 aromatic rings. The first-order chi connectivity index (χ1) is 13.0. The summed E-state index contributed by atoms with van der Waals surface area (Å²) in [5, 5.41) is 4.22. The van der Waals surface area contributed by atoms with Crippen LogP contribution in [0.3, 0.4) is 0 Å². The number of sulfonamides is 1. The maximum absolute atomic E-state index is 12.1. The van der Waals surface area contributed by atoms with Crippen LogP contribution in [0.15, 0.2) is 47.1 Å². The molecule has 0 spiro atoms. The van der Waals surface area contributed by atoms with Crippen LogP contribution in [0.4, 0.5) is 0 Å². The fourth-order valence-corrected chi connectivity index (χ4v) is 5.62. The zero-order chi connectivity index (χ0) is 18.5. The summed E-state index contributed by atoms with van der Waals surface area (Å²) in [5.74, 6) is 1.64. The van der Waals surface area contributed by atoms with Crippen molar-refractivity contribution >= 4 is 15.9 Å². The zero-order valence-corrected chi connectivity index (χ0v) is 15.8. The highest BCUT2D eigenvalue weighted by Gasteiger charge is 2.52. The number of hydrogen-bond donors (Lipinski definition) is 0. The second kappa shape index (κ2) is 6.09. The van der Waals surface area contributed by atoms with E-state index in [0.717, 1.165) is 43.0 Å². The Balaban J connectivity index is 1.37. The molecule has 1 aromatic heterocycles. The van der Waals surface area contributed by atoms with Gasteiger partial charge in [-0.05, 0) is 56.0 Å². The number of nitrogens with zero attached hydrogens (tertiary/aromatic N) is 4. The van der Waals surface area contributed by atoms with Gasteiger partial charge < -0.3 is 9.64 Å². The van der Waals surface area contributed by atoms with Gasteiger partial charge in [-0.15, -0.1) is 4.40 Å². The van der Waals surface area contributed by atoms with Crippen LogP contribution in [0.5, 0.6) is 5.75 Å². The number of ether oxygens (including phenoxy) is 1. The van der Waals surface area contributed by atoms with Crippen LogP contribution < -0.4 is 4.74 Å². The summed E-state index contributed by atoms with van der Waals surface area (Å²) in [5.41, 5.74) is 0.681. The summed E-state index contributed by atoms with van der Waals surface area (Å²) in [6.45, 7) is 1.03. The Morgan fingerprint density at radius 2 is 1.96 bits per heavy atom. The zero-order valence-electron chi connectivity index (χ0n) is 15.0. The van der Waals surface area contributed by atoms with E-state index in [1.54, 1.807) is 10.9 Å². The second-order valence-corrected chi connectivity index (χ2v) is 9.39. The van der Waals surface area contributed by atoms with Crippen LogP contribution in [0.25, 0.3) is 5.69 Å². The topological polar surface area (TPSA) is 76.8 Å². The molecule has 3 aliphatic heterocycles. The van der Waals surface area contributed by atoms with Crippen molar-refractivity contribution < 1.29 is 13.2 Å². The predicted molar refractivity (Wildman–Crippen MR) is 102 cm³/mol. The van der Waals surface area contributed by atoms with E-state index in [-0.39, 0.29) is 11.2 Å². The largest absolute Gasteiger partial charge is 0.493 e. The Morgan fingerprint density at radius 1 is 1.19 bits per heavy atom. The molecule has 0 unspecified atom stereocenters. The lowest BCUT2D eigenvalue weighted by molar-refractivity contribution is 0.0656. The molecule has 6 rings (SSSR count). The van der Waals surface area contributed by atoms with Crippen molar-refractivity contribution in [2.45, 2.75) is 31.7 Å². The van der Waals surface area contributed by atoms with Gasteiger partial charge in [0.15, 0.2) is 0 Å². The average molecular weight is 386 g/mol. The maximum Gasteiger partial charge on any atom is 0.256 e.